The highest BCUT2D eigenvalue weighted by molar-refractivity contribution is 5.84. The van der Waals surface area contributed by atoms with E-state index in [1.807, 2.05) is 18.2 Å². The summed E-state index contributed by atoms with van der Waals surface area (Å²) in [5.41, 5.74) is 1.20. The molecule has 0 bridgehead atoms. The molecule has 5 rings (SSSR count). The predicted molar refractivity (Wildman–Crippen MR) is 145 cm³/mol. The molecule has 0 saturated carbocycles. The molecule has 0 aliphatic heterocycles. The quantitative estimate of drug-likeness (QED) is 0.149. The van der Waals surface area contributed by atoms with Crippen LogP contribution in [0.25, 0.3) is 22.3 Å². The summed E-state index contributed by atoms with van der Waals surface area (Å²) in [5, 5.41) is 16.7. The fourth-order valence-corrected chi connectivity index (χ4v) is 4.03. The van der Waals surface area contributed by atoms with Crippen LogP contribution in [0.1, 0.15) is 11.1 Å². The fourth-order valence-electron chi connectivity index (χ4n) is 4.03. The van der Waals surface area contributed by atoms with Gasteiger partial charge in [-0.3, -0.25) is 14.9 Å². The normalized spacial score (nSPS) is 11.1. The number of nitro benzene ring substituents is 1. The Balaban J connectivity index is 1.57. The van der Waals surface area contributed by atoms with E-state index in [1.54, 1.807) is 42.5 Å². The molecular formula is C29H21FN4O5. The highest BCUT2D eigenvalue weighted by Gasteiger charge is 2.22. The number of rotatable bonds is 8. The standard InChI is InChI=1S/C29H21FN4O5/c1-38-26-16-20(15-25(34(36)37)27(26)39-18-19-8-7-11-22(30)14-19)17-31-33-28(21-9-3-2-4-10-21)32-24-13-6-5-12-23(24)29(33)35/h2-17H,18H2,1H3. The molecule has 0 fully saturated rings. The third-order valence-corrected chi connectivity index (χ3v) is 5.85. The highest BCUT2D eigenvalue weighted by atomic mass is 19.1. The minimum Gasteiger partial charge on any atom is -0.493 e. The number of hydrogen-bond acceptors (Lipinski definition) is 7. The zero-order valence-corrected chi connectivity index (χ0v) is 20.7. The molecule has 194 valence electrons. The maximum absolute atomic E-state index is 13.5. The minimum absolute atomic E-state index is 0.0781. The Labute approximate surface area is 221 Å². The number of aromatic nitrogens is 2. The summed E-state index contributed by atoms with van der Waals surface area (Å²) < 4.78 is 25.8. The summed E-state index contributed by atoms with van der Waals surface area (Å²) in [6.45, 7) is -0.110. The van der Waals surface area contributed by atoms with Gasteiger partial charge in [-0.05, 0) is 35.9 Å². The summed E-state index contributed by atoms with van der Waals surface area (Å²) >= 11 is 0. The molecule has 5 aromatic rings. The molecule has 0 amide bonds. The zero-order chi connectivity index (χ0) is 27.4. The maximum Gasteiger partial charge on any atom is 0.315 e. The van der Waals surface area contributed by atoms with E-state index in [9.17, 15) is 19.3 Å². The van der Waals surface area contributed by atoms with Crippen molar-refractivity contribution in [2.45, 2.75) is 6.61 Å². The van der Waals surface area contributed by atoms with E-state index in [-0.39, 0.29) is 29.4 Å². The van der Waals surface area contributed by atoms with Crippen LogP contribution in [0.4, 0.5) is 10.1 Å². The van der Waals surface area contributed by atoms with Gasteiger partial charge in [0.2, 0.25) is 5.75 Å². The van der Waals surface area contributed by atoms with E-state index >= 15 is 0 Å². The molecule has 0 aliphatic rings. The van der Waals surface area contributed by atoms with Gasteiger partial charge in [-0.15, -0.1) is 0 Å². The lowest BCUT2D eigenvalue weighted by molar-refractivity contribution is -0.386. The van der Waals surface area contributed by atoms with E-state index in [0.29, 0.717) is 27.9 Å². The van der Waals surface area contributed by atoms with E-state index in [0.717, 1.165) is 4.68 Å². The van der Waals surface area contributed by atoms with Crippen LogP contribution in [0.5, 0.6) is 11.5 Å². The number of halogens is 1. The lowest BCUT2D eigenvalue weighted by atomic mass is 10.1. The number of fused-ring (bicyclic) bond motifs is 1. The molecule has 10 heteroatoms. The smallest absolute Gasteiger partial charge is 0.315 e. The maximum atomic E-state index is 13.5. The molecule has 39 heavy (non-hydrogen) atoms. The average molecular weight is 525 g/mol. The van der Waals surface area contributed by atoms with Crippen molar-refractivity contribution in [1.82, 2.24) is 9.66 Å². The monoisotopic (exact) mass is 524 g/mol. The lowest BCUT2D eigenvalue weighted by Gasteiger charge is -2.12. The number of para-hydroxylation sites is 1. The van der Waals surface area contributed by atoms with E-state index in [2.05, 4.69) is 10.1 Å². The number of benzene rings is 4. The van der Waals surface area contributed by atoms with Crippen molar-refractivity contribution in [3.05, 3.63) is 128 Å². The second-order valence-electron chi connectivity index (χ2n) is 8.43. The van der Waals surface area contributed by atoms with Crippen LogP contribution in [0.3, 0.4) is 0 Å². The first-order valence-corrected chi connectivity index (χ1v) is 11.8. The number of nitro groups is 1. The van der Waals surface area contributed by atoms with Crippen molar-refractivity contribution in [3.63, 3.8) is 0 Å². The largest absolute Gasteiger partial charge is 0.493 e. The Hall–Kier alpha value is -5.38. The second-order valence-corrected chi connectivity index (χ2v) is 8.43. The van der Waals surface area contributed by atoms with Gasteiger partial charge in [-0.25, -0.2) is 9.37 Å². The van der Waals surface area contributed by atoms with Crippen LogP contribution >= 0.6 is 0 Å². The fraction of sp³-hybridized carbons (Fsp3) is 0.0690. The second kappa shape index (κ2) is 10.9. The summed E-state index contributed by atoms with van der Waals surface area (Å²) in [7, 11) is 1.35. The summed E-state index contributed by atoms with van der Waals surface area (Å²) in [6, 6.07) is 24.5. The van der Waals surface area contributed by atoms with Crippen molar-refractivity contribution in [2.24, 2.45) is 5.10 Å². The molecule has 0 N–H and O–H groups in total. The summed E-state index contributed by atoms with van der Waals surface area (Å²) in [5.74, 6) is -0.169. The van der Waals surface area contributed by atoms with Crippen molar-refractivity contribution in [1.29, 1.82) is 0 Å². The van der Waals surface area contributed by atoms with E-state index < -0.39 is 16.3 Å². The van der Waals surface area contributed by atoms with Crippen LogP contribution < -0.4 is 15.0 Å². The van der Waals surface area contributed by atoms with Gasteiger partial charge in [0.05, 0.1) is 29.2 Å². The molecule has 9 nitrogen and oxygen atoms in total. The van der Waals surface area contributed by atoms with Crippen molar-refractivity contribution in [2.75, 3.05) is 7.11 Å². The van der Waals surface area contributed by atoms with Crippen LogP contribution in [0.2, 0.25) is 0 Å². The van der Waals surface area contributed by atoms with Crippen LogP contribution in [0.15, 0.2) is 101 Å². The van der Waals surface area contributed by atoms with Crippen LogP contribution in [-0.4, -0.2) is 27.9 Å². The Morgan fingerprint density at radius 1 is 1.03 bits per heavy atom. The zero-order valence-electron chi connectivity index (χ0n) is 20.7. The highest BCUT2D eigenvalue weighted by Crippen LogP contribution is 2.38. The first-order valence-electron chi connectivity index (χ1n) is 11.8. The number of nitrogens with zero attached hydrogens (tertiary/aromatic N) is 4. The molecule has 0 atom stereocenters. The van der Waals surface area contributed by atoms with E-state index in [4.69, 9.17) is 9.47 Å². The topological polar surface area (TPSA) is 109 Å². The Bertz CT molecular complexity index is 1770. The molecule has 0 radical (unpaired) electrons. The minimum atomic E-state index is -0.611. The van der Waals surface area contributed by atoms with Gasteiger partial charge in [0, 0.05) is 17.2 Å². The molecule has 0 saturated heterocycles. The molecule has 1 aromatic heterocycles. The van der Waals surface area contributed by atoms with Crippen LogP contribution in [-0.2, 0) is 6.61 Å². The van der Waals surface area contributed by atoms with Crippen molar-refractivity contribution >= 4 is 22.8 Å². The number of ether oxygens (including phenoxy) is 2. The van der Waals surface area contributed by atoms with Gasteiger partial charge in [0.15, 0.2) is 11.6 Å². The molecule has 4 aromatic carbocycles. The number of hydrogen-bond donors (Lipinski definition) is 0. The summed E-state index contributed by atoms with van der Waals surface area (Å²) in [6.07, 6.45) is 1.32. The van der Waals surface area contributed by atoms with E-state index in [1.165, 1.54) is 43.7 Å². The molecule has 1 heterocycles. The third-order valence-electron chi connectivity index (χ3n) is 5.85. The predicted octanol–water partition coefficient (Wildman–Crippen LogP) is 5.58. The molecule has 0 aliphatic carbocycles. The lowest BCUT2D eigenvalue weighted by Crippen LogP contribution is -2.20. The van der Waals surface area contributed by atoms with Gasteiger partial charge in [-0.1, -0.05) is 54.6 Å². The first-order chi connectivity index (χ1) is 18.9. The number of methoxy groups -OCH3 is 1. The molecular weight excluding hydrogens is 503 g/mol. The average Bonchev–Trinajstić information content (AvgIpc) is 2.95. The van der Waals surface area contributed by atoms with Crippen LogP contribution in [0, 0.1) is 15.9 Å². The Morgan fingerprint density at radius 3 is 2.54 bits per heavy atom. The van der Waals surface area contributed by atoms with Gasteiger partial charge in [0.25, 0.3) is 5.56 Å². The molecule has 0 unspecified atom stereocenters. The van der Waals surface area contributed by atoms with Gasteiger partial charge in [0.1, 0.15) is 12.4 Å². The SMILES string of the molecule is COc1cc(C=Nn2c(-c3ccccc3)nc3ccccc3c2=O)cc([N+](=O)[O-])c1OCc1cccc(F)c1. The van der Waals surface area contributed by atoms with Gasteiger partial charge in [-0.2, -0.15) is 9.78 Å². The van der Waals surface area contributed by atoms with Crippen molar-refractivity contribution < 1.29 is 18.8 Å². The summed E-state index contributed by atoms with van der Waals surface area (Å²) in [4.78, 5) is 29.3. The van der Waals surface area contributed by atoms with Gasteiger partial charge < -0.3 is 9.47 Å². The first kappa shape index (κ1) is 25.3. The Morgan fingerprint density at radius 2 is 1.79 bits per heavy atom. The molecule has 0 spiro atoms. The third kappa shape index (κ3) is 5.35. The Kier molecular flexibility index (Phi) is 7.09. The van der Waals surface area contributed by atoms with Gasteiger partial charge >= 0.3 is 5.69 Å². The van der Waals surface area contributed by atoms with Crippen molar-refractivity contribution in [3.8, 4) is 22.9 Å².